The van der Waals surface area contributed by atoms with E-state index in [-0.39, 0.29) is 12.5 Å². The lowest BCUT2D eigenvalue weighted by molar-refractivity contribution is -0.302. The number of allylic oxidation sites excluding steroid dienone is 3. The largest absolute Gasteiger partial charge is 0.394 e. The molecule has 1 aliphatic heterocycles. The van der Waals surface area contributed by atoms with Crippen LogP contribution in [0, 0.1) is 0 Å². The molecule has 0 aromatic carbocycles. The minimum absolute atomic E-state index is 0.168. The molecular weight excluding hydrogens is 983 g/mol. The van der Waals surface area contributed by atoms with Gasteiger partial charge in [-0.05, 0) is 44.9 Å². The van der Waals surface area contributed by atoms with E-state index in [1.54, 1.807) is 6.08 Å². The van der Waals surface area contributed by atoms with E-state index in [2.05, 4.69) is 31.3 Å². The molecule has 1 saturated heterocycles. The lowest BCUT2D eigenvalue weighted by atomic mass is 9.99. The van der Waals surface area contributed by atoms with Crippen LogP contribution in [-0.4, -0.2) is 87.5 Å². The van der Waals surface area contributed by atoms with Crippen LogP contribution in [0.2, 0.25) is 0 Å². The number of carbonyl (C=O) groups is 1. The molecule has 468 valence electrons. The van der Waals surface area contributed by atoms with Crippen molar-refractivity contribution in [1.82, 2.24) is 5.32 Å². The number of nitrogens with one attached hydrogen (secondary N) is 1. The highest BCUT2D eigenvalue weighted by molar-refractivity contribution is 5.76. The zero-order valence-corrected chi connectivity index (χ0v) is 52.4. The molecule has 1 aliphatic rings. The zero-order chi connectivity index (χ0) is 57.2. The van der Waals surface area contributed by atoms with Crippen molar-refractivity contribution >= 4 is 5.91 Å². The van der Waals surface area contributed by atoms with Gasteiger partial charge < -0.3 is 40.3 Å². The molecule has 0 aliphatic carbocycles. The van der Waals surface area contributed by atoms with Crippen molar-refractivity contribution < 1.29 is 39.8 Å². The number of aliphatic hydroxyl groups is 5. The van der Waals surface area contributed by atoms with Gasteiger partial charge in [-0.2, -0.15) is 0 Å². The highest BCUT2D eigenvalue weighted by atomic mass is 16.7. The number of rotatable bonds is 62. The Balaban J connectivity index is 2.08. The highest BCUT2D eigenvalue weighted by Crippen LogP contribution is 2.23. The molecular formula is C70H135NO8. The molecule has 9 nitrogen and oxygen atoms in total. The average Bonchev–Trinajstić information content (AvgIpc) is 3.47. The molecule has 1 rings (SSSR count). The summed E-state index contributed by atoms with van der Waals surface area (Å²) in [6.45, 7) is 3.83. The summed E-state index contributed by atoms with van der Waals surface area (Å²) in [6.07, 6.45) is 71.5. The molecule has 79 heavy (non-hydrogen) atoms. The van der Waals surface area contributed by atoms with E-state index in [9.17, 15) is 30.3 Å². The first-order chi connectivity index (χ1) is 38.8. The number of ether oxygens (including phenoxy) is 2. The van der Waals surface area contributed by atoms with Gasteiger partial charge in [0.25, 0.3) is 0 Å². The van der Waals surface area contributed by atoms with Gasteiger partial charge >= 0.3 is 0 Å². The molecule has 0 aromatic heterocycles. The molecule has 0 aromatic rings. The molecule has 1 amide bonds. The number of hydrogen-bond donors (Lipinski definition) is 6. The number of carbonyl (C=O) groups excluding carboxylic acids is 1. The van der Waals surface area contributed by atoms with Gasteiger partial charge in [0.15, 0.2) is 6.29 Å². The first kappa shape index (κ1) is 75.7. The van der Waals surface area contributed by atoms with Crippen molar-refractivity contribution in [2.75, 3.05) is 13.2 Å². The smallest absolute Gasteiger partial charge is 0.220 e. The van der Waals surface area contributed by atoms with Gasteiger partial charge in [-0.1, -0.05) is 334 Å². The highest BCUT2D eigenvalue weighted by Gasteiger charge is 2.44. The van der Waals surface area contributed by atoms with Crippen LogP contribution in [0.4, 0.5) is 0 Å². The summed E-state index contributed by atoms with van der Waals surface area (Å²) in [6, 6.07) is -0.803. The Morgan fingerprint density at radius 1 is 0.418 bits per heavy atom. The number of amides is 1. The Morgan fingerprint density at radius 3 is 1.03 bits per heavy atom. The summed E-state index contributed by atoms with van der Waals surface area (Å²) in [7, 11) is 0. The molecule has 6 N–H and O–H groups in total. The second-order valence-corrected chi connectivity index (χ2v) is 24.7. The summed E-state index contributed by atoms with van der Waals surface area (Å²) in [4.78, 5) is 13.1. The van der Waals surface area contributed by atoms with Gasteiger partial charge in [0.1, 0.15) is 24.4 Å². The van der Waals surface area contributed by atoms with Gasteiger partial charge in [0.05, 0.1) is 25.4 Å². The third kappa shape index (κ3) is 48.7. The van der Waals surface area contributed by atoms with E-state index in [1.165, 1.54) is 302 Å². The summed E-state index contributed by atoms with van der Waals surface area (Å²) < 4.78 is 11.3. The van der Waals surface area contributed by atoms with E-state index >= 15 is 0 Å². The Morgan fingerprint density at radius 2 is 0.709 bits per heavy atom. The number of hydrogen-bond acceptors (Lipinski definition) is 8. The van der Waals surface area contributed by atoms with E-state index in [1.807, 2.05) is 6.08 Å². The number of unbranched alkanes of at least 4 members (excludes halogenated alkanes) is 50. The normalized spacial score (nSPS) is 18.6. The second kappa shape index (κ2) is 59.8. The maximum absolute atomic E-state index is 13.1. The maximum Gasteiger partial charge on any atom is 0.220 e. The molecule has 0 radical (unpaired) electrons. The predicted octanol–water partition coefficient (Wildman–Crippen LogP) is 18.9. The second-order valence-electron chi connectivity index (χ2n) is 24.7. The zero-order valence-electron chi connectivity index (χ0n) is 52.4. The maximum atomic E-state index is 13.1. The molecule has 0 bridgehead atoms. The predicted molar refractivity (Wildman–Crippen MR) is 337 cm³/mol. The standard InChI is InChI=1S/C70H135NO8/c1-3-5-7-9-11-13-15-17-19-21-23-25-26-27-28-29-30-31-32-33-34-35-36-37-38-40-42-44-46-48-50-52-54-56-58-60-66(74)71-63(62-78-70-69(77)68(76)67(75)65(61-72)79-70)64(73)59-57-55-53-51-49-47-45-43-41-39-24-22-20-18-16-14-12-10-8-6-4-2/h21,23,57,59,63-65,67-70,72-73,75-77H,3-20,22,24-56,58,60-62H2,1-2H3,(H,71,74)/b23-21-,59-57+. The van der Waals surface area contributed by atoms with Gasteiger partial charge in [-0.25, -0.2) is 0 Å². The van der Waals surface area contributed by atoms with Gasteiger partial charge in [-0.15, -0.1) is 0 Å². The fraction of sp³-hybridized carbons (Fsp3) is 0.929. The van der Waals surface area contributed by atoms with Crippen molar-refractivity contribution in [2.24, 2.45) is 0 Å². The van der Waals surface area contributed by atoms with Crippen molar-refractivity contribution in [3.8, 4) is 0 Å². The monoisotopic (exact) mass is 1120 g/mol. The van der Waals surface area contributed by atoms with Crippen LogP contribution in [0.3, 0.4) is 0 Å². The Labute approximate surface area is 489 Å². The topological polar surface area (TPSA) is 149 Å². The molecule has 0 saturated carbocycles. The molecule has 1 heterocycles. The summed E-state index contributed by atoms with van der Waals surface area (Å²) in [5, 5.41) is 54.7. The molecule has 9 heteroatoms. The lowest BCUT2D eigenvalue weighted by Crippen LogP contribution is -2.60. The van der Waals surface area contributed by atoms with Crippen LogP contribution in [0.5, 0.6) is 0 Å². The average molecular weight is 1120 g/mol. The van der Waals surface area contributed by atoms with Crippen LogP contribution in [0.15, 0.2) is 24.3 Å². The van der Waals surface area contributed by atoms with Gasteiger partial charge in [-0.3, -0.25) is 4.79 Å². The van der Waals surface area contributed by atoms with E-state index in [4.69, 9.17) is 9.47 Å². The Hall–Kier alpha value is -1.33. The van der Waals surface area contributed by atoms with Crippen LogP contribution >= 0.6 is 0 Å². The van der Waals surface area contributed by atoms with Crippen LogP contribution in [0.25, 0.3) is 0 Å². The Kier molecular flexibility index (Phi) is 57.3. The molecule has 7 unspecified atom stereocenters. The first-order valence-electron chi connectivity index (χ1n) is 35.1. The minimum atomic E-state index is -1.57. The fourth-order valence-electron chi connectivity index (χ4n) is 11.5. The quantitative estimate of drug-likeness (QED) is 0.0261. The van der Waals surface area contributed by atoms with Crippen LogP contribution in [0.1, 0.15) is 361 Å². The third-order valence-electron chi connectivity index (χ3n) is 17.0. The van der Waals surface area contributed by atoms with Crippen molar-refractivity contribution in [1.29, 1.82) is 0 Å². The molecule has 0 spiro atoms. The SMILES string of the molecule is CCCCCCCCCC/C=C\CCCCCCCCCCCCCCCCCCCCCCCCCC(=O)NC(COC1OC(CO)C(O)C(O)C1O)C(O)/C=C/CCCCCCCCCCCCCCCCCCCCC. The lowest BCUT2D eigenvalue weighted by Gasteiger charge is -2.40. The van der Waals surface area contributed by atoms with Crippen molar-refractivity contribution in [3.05, 3.63) is 24.3 Å². The van der Waals surface area contributed by atoms with E-state index in [0.29, 0.717) is 6.42 Å². The molecule has 1 fully saturated rings. The minimum Gasteiger partial charge on any atom is -0.394 e. The van der Waals surface area contributed by atoms with E-state index < -0.39 is 49.5 Å². The first-order valence-corrected chi connectivity index (χ1v) is 35.1. The van der Waals surface area contributed by atoms with Crippen LogP contribution in [-0.2, 0) is 14.3 Å². The summed E-state index contributed by atoms with van der Waals surface area (Å²) in [5.74, 6) is -0.168. The van der Waals surface area contributed by atoms with Crippen molar-refractivity contribution in [2.45, 2.75) is 403 Å². The van der Waals surface area contributed by atoms with Gasteiger partial charge in [0, 0.05) is 6.42 Å². The third-order valence-corrected chi connectivity index (χ3v) is 17.0. The molecule has 7 atom stereocenters. The van der Waals surface area contributed by atoms with E-state index in [0.717, 1.165) is 38.5 Å². The summed E-state index contributed by atoms with van der Waals surface area (Å²) in [5.41, 5.74) is 0. The Bertz CT molecular complexity index is 1300. The van der Waals surface area contributed by atoms with Crippen LogP contribution < -0.4 is 5.32 Å². The fourth-order valence-corrected chi connectivity index (χ4v) is 11.5. The summed E-state index contributed by atoms with van der Waals surface area (Å²) >= 11 is 0. The van der Waals surface area contributed by atoms with Gasteiger partial charge in [0.2, 0.25) is 5.91 Å². The number of aliphatic hydroxyl groups excluding tert-OH is 5. The van der Waals surface area contributed by atoms with Crippen molar-refractivity contribution in [3.63, 3.8) is 0 Å².